The standard InChI is InChI=1S/C19H25N3O4/c1-3-22(11-19(24)25)14-7-13(8-14)21-18(23)6-12-10-20-17-5-4-15(26-2)9-16(12)17/h4-5,9-10,13-14,20H,3,6-8,11H2,1-2H3,(H,21,23)(H,24,25). The second kappa shape index (κ2) is 7.78. The molecule has 26 heavy (non-hydrogen) atoms. The molecule has 0 saturated heterocycles. The van der Waals surface area contributed by atoms with Gasteiger partial charge >= 0.3 is 5.97 Å². The van der Waals surface area contributed by atoms with Crippen LogP contribution in [0, 0.1) is 0 Å². The van der Waals surface area contributed by atoms with Crippen LogP contribution in [0.1, 0.15) is 25.3 Å². The summed E-state index contributed by atoms with van der Waals surface area (Å²) in [6.45, 7) is 2.72. The minimum atomic E-state index is -0.811. The van der Waals surface area contributed by atoms with E-state index in [1.807, 2.05) is 36.2 Å². The van der Waals surface area contributed by atoms with Gasteiger partial charge < -0.3 is 20.1 Å². The number of carbonyl (C=O) groups excluding carboxylic acids is 1. The van der Waals surface area contributed by atoms with E-state index in [0.29, 0.717) is 13.0 Å². The lowest BCUT2D eigenvalue weighted by Crippen LogP contribution is -2.55. The fourth-order valence-corrected chi connectivity index (χ4v) is 3.56. The molecule has 1 saturated carbocycles. The van der Waals surface area contributed by atoms with Gasteiger partial charge in [0.2, 0.25) is 5.91 Å². The highest BCUT2D eigenvalue weighted by atomic mass is 16.5. The molecule has 1 aliphatic carbocycles. The van der Waals surface area contributed by atoms with Crippen LogP contribution in [0.3, 0.4) is 0 Å². The number of likely N-dealkylation sites (N-methyl/N-ethyl adjacent to an activating group) is 1. The van der Waals surface area contributed by atoms with Crippen LogP contribution in [0.15, 0.2) is 24.4 Å². The number of rotatable bonds is 8. The van der Waals surface area contributed by atoms with Crippen molar-refractivity contribution in [2.75, 3.05) is 20.2 Å². The summed E-state index contributed by atoms with van der Waals surface area (Å²) in [5, 5.41) is 13.0. The Morgan fingerprint density at radius 1 is 1.38 bits per heavy atom. The third-order valence-corrected chi connectivity index (χ3v) is 5.06. The Kier molecular flexibility index (Phi) is 5.46. The van der Waals surface area contributed by atoms with Crippen molar-refractivity contribution in [1.82, 2.24) is 15.2 Å². The van der Waals surface area contributed by atoms with Gasteiger partial charge in [-0.1, -0.05) is 6.92 Å². The lowest BCUT2D eigenvalue weighted by Gasteiger charge is -2.42. The minimum absolute atomic E-state index is 0.0153. The van der Waals surface area contributed by atoms with Crippen molar-refractivity contribution in [3.63, 3.8) is 0 Å². The average molecular weight is 359 g/mol. The van der Waals surface area contributed by atoms with Crippen molar-refractivity contribution in [1.29, 1.82) is 0 Å². The number of amides is 1. The number of hydrogen-bond acceptors (Lipinski definition) is 4. The molecule has 0 radical (unpaired) electrons. The van der Waals surface area contributed by atoms with Crippen molar-refractivity contribution in [3.8, 4) is 5.75 Å². The number of carbonyl (C=O) groups is 2. The van der Waals surface area contributed by atoms with E-state index in [-0.39, 0.29) is 24.5 Å². The van der Waals surface area contributed by atoms with Crippen molar-refractivity contribution >= 4 is 22.8 Å². The van der Waals surface area contributed by atoms with Gasteiger partial charge in [0.15, 0.2) is 0 Å². The third-order valence-electron chi connectivity index (χ3n) is 5.06. The first-order valence-corrected chi connectivity index (χ1v) is 8.89. The molecule has 1 fully saturated rings. The van der Waals surface area contributed by atoms with Crippen LogP contribution in [0.5, 0.6) is 5.75 Å². The second-order valence-corrected chi connectivity index (χ2v) is 6.75. The molecule has 1 aliphatic rings. The number of carboxylic acid groups (broad SMARTS) is 1. The number of aliphatic carboxylic acids is 1. The summed E-state index contributed by atoms with van der Waals surface area (Å²) in [7, 11) is 1.62. The molecular formula is C19H25N3O4. The lowest BCUT2D eigenvalue weighted by molar-refractivity contribution is -0.139. The molecule has 0 unspecified atom stereocenters. The SMILES string of the molecule is CCN(CC(=O)O)C1CC(NC(=O)Cc2c[nH]c3ccc(OC)cc23)C1. The number of fused-ring (bicyclic) bond motifs is 1. The molecule has 0 aliphatic heterocycles. The average Bonchev–Trinajstić information content (AvgIpc) is 2.97. The summed E-state index contributed by atoms with van der Waals surface area (Å²) in [5.74, 6) is -0.0637. The molecule has 1 heterocycles. The van der Waals surface area contributed by atoms with Gasteiger partial charge in [0.05, 0.1) is 20.1 Å². The summed E-state index contributed by atoms with van der Waals surface area (Å²) >= 11 is 0. The van der Waals surface area contributed by atoms with Gasteiger partial charge in [-0.15, -0.1) is 0 Å². The van der Waals surface area contributed by atoms with E-state index in [1.165, 1.54) is 0 Å². The number of benzene rings is 1. The Bertz CT molecular complexity index is 795. The predicted octanol–water partition coefficient (Wildman–Crippen LogP) is 1.77. The summed E-state index contributed by atoms with van der Waals surface area (Å²) in [5.41, 5.74) is 1.91. The van der Waals surface area contributed by atoms with Gasteiger partial charge in [-0.3, -0.25) is 14.5 Å². The number of carboxylic acids is 1. The monoisotopic (exact) mass is 359 g/mol. The quantitative estimate of drug-likeness (QED) is 0.668. The minimum Gasteiger partial charge on any atom is -0.497 e. The zero-order valence-corrected chi connectivity index (χ0v) is 15.1. The number of H-pyrrole nitrogens is 1. The Balaban J connectivity index is 1.53. The largest absolute Gasteiger partial charge is 0.497 e. The number of ether oxygens (including phenoxy) is 1. The Morgan fingerprint density at radius 3 is 2.81 bits per heavy atom. The van der Waals surface area contributed by atoms with Crippen LogP contribution < -0.4 is 10.1 Å². The number of hydrogen-bond donors (Lipinski definition) is 3. The summed E-state index contributed by atoms with van der Waals surface area (Å²) in [6, 6.07) is 6.11. The summed E-state index contributed by atoms with van der Waals surface area (Å²) in [4.78, 5) is 28.4. The number of nitrogens with one attached hydrogen (secondary N) is 2. The molecule has 3 N–H and O–H groups in total. The van der Waals surface area contributed by atoms with Crippen molar-refractivity contribution in [2.45, 2.75) is 38.3 Å². The molecule has 7 nitrogen and oxygen atoms in total. The molecule has 0 atom stereocenters. The van der Waals surface area contributed by atoms with Gasteiger partial charge in [0.25, 0.3) is 0 Å². The van der Waals surface area contributed by atoms with Crippen molar-refractivity contribution in [3.05, 3.63) is 30.0 Å². The molecular weight excluding hydrogens is 334 g/mol. The van der Waals surface area contributed by atoms with Crippen LogP contribution in [0.4, 0.5) is 0 Å². The van der Waals surface area contributed by atoms with Gasteiger partial charge in [-0.2, -0.15) is 0 Å². The number of methoxy groups -OCH3 is 1. The molecule has 1 aromatic carbocycles. The Labute approximate surface area is 152 Å². The van der Waals surface area contributed by atoms with Crippen LogP contribution in [-0.2, 0) is 16.0 Å². The first kappa shape index (κ1) is 18.3. The maximum absolute atomic E-state index is 12.4. The van der Waals surface area contributed by atoms with E-state index in [1.54, 1.807) is 7.11 Å². The Hall–Kier alpha value is -2.54. The van der Waals surface area contributed by atoms with Crippen LogP contribution in [-0.4, -0.2) is 59.1 Å². The molecule has 2 aromatic rings. The smallest absolute Gasteiger partial charge is 0.317 e. The molecule has 0 bridgehead atoms. The van der Waals surface area contributed by atoms with E-state index in [2.05, 4.69) is 10.3 Å². The third kappa shape index (κ3) is 3.99. The highest BCUT2D eigenvalue weighted by Gasteiger charge is 2.34. The molecule has 1 amide bonds. The zero-order valence-electron chi connectivity index (χ0n) is 15.1. The topological polar surface area (TPSA) is 94.7 Å². The number of nitrogens with zero attached hydrogens (tertiary/aromatic N) is 1. The first-order valence-electron chi connectivity index (χ1n) is 8.89. The van der Waals surface area contributed by atoms with E-state index in [0.717, 1.165) is 35.1 Å². The van der Waals surface area contributed by atoms with Crippen molar-refractivity contribution in [2.24, 2.45) is 0 Å². The van der Waals surface area contributed by atoms with Crippen LogP contribution >= 0.6 is 0 Å². The van der Waals surface area contributed by atoms with Crippen LogP contribution in [0.25, 0.3) is 10.9 Å². The molecule has 1 aromatic heterocycles. The molecule has 140 valence electrons. The summed E-state index contributed by atoms with van der Waals surface area (Å²) < 4.78 is 5.25. The first-order chi connectivity index (χ1) is 12.5. The lowest BCUT2D eigenvalue weighted by atomic mass is 9.85. The van der Waals surface area contributed by atoms with Gasteiger partial charge in [0, 0.05) is 29.2 Å². The summed E-state index contributed by atoms with van der Waals surface area (Å²) in [6.07, 6.45) is 3.77. The molecule has 7 heteroatoms. The number of aromatic amines is 1. The Morgan fingerprint density at radius 2 is 2.15 bits per heavy atom. The van der Waals surface area contributed by atoms with E-state index < -0.39 is 5.97 Å². The van der Waals surface area contributed by atoms with E-state index in [9.17, 15) is 9.59 Å². The maximum Gasteiger partial charge on any atom is 0.317 e. The maximum atomic E-state index is 12.4. The highest BCUT2D eigenvalue weighted by Crippen LogP contribution is 2.27. The normalized spacial score (nSPS) is 19.3. The van der Waals surface area contributed by atoms with E-state index in [4.69, 9.17) is 9.84 Å². The molecule has 0 spiro atoms. The second-order valence-electron chi connectivity index (χ2n) is 6.75. The highest BCUT2D eigenvalue weighted by molar-refractivity contribution is 5.89. The van der Waals surface area contributed by atoms with Gasteiger partial charge in [0.1, 0.15) is 5.75 Å². The zero-order chi connectivity index (χ0) is 18.7. The van der Waals surface area contributed by atoms with Gasteiger partial charge in [-0.25, -0.2) is 0 Å². The van der Waals surface area contributed by atoms with Gasteiger partial charge in [-0.05, 0) is 43.1 Å². The van der Waals surface area contributed by atoms with E-state index >= 15 is 0 Å². The predicted molar refractivity (Wildman–Crippen MR) is 98.4 cm³/mol. The van der Waals surface area contributed by atoms with Crippen LogP contribution in [0.2, 0.25) is 0 Å². The number of aromatic nitrogens is 1. The fraction of sp³-hybridized carbons (Fsp3) is 0.474. The molecule has 3 rings (SSSR count). The van der Waals surface area contributed by atoms with Crippen molar-refractivity contribution < 1.29 is 19.4 Å². The fourth-order valence-electron chi connectivity index (χ4n) is 3.56.